The zero-order valence-corrected chi connectivity index (χ0v) is 23.8. The van der Waals surface area contributed by atoms with Gasteiger partial charge in [0.25, 0.3) is 0 Å². The molecule has 212 valence electrons. The third-order valence-corrected chi connectivity index (χ3v) is 7.24. The molecule has 0 spiro atoms. The number of halogens is 1. The van der Waals surface area contributed by atoms with Crippen LogP contribution in [0.3, 0.4) is 0 Å². The maximum atomic E-state index is 12.8. The van der Waals surface area contributed by atoms with Crippen molar-refractivity contribution in [3.8, 4) is 11.1 Å². The third kappa shape index (κ3) is 6.23. The minimum atomic E-state index is -1.26. The van der Waals surface area contributed by atoms with Crippen LogP contribution in [0.4, 0.5) is 4.79 Å². The van der Waals surface area contributed by atoms with Gasteiger partial charge in [0.15, 0.2) is 0 Å². The van der Waals surface area contributed by atoms with E-state index >= 15 is 0 Å². The second-order valence-corrected chi connectivity index (χ2v) is 11.5. The summed E-state index contributed by atoms with van der Waals surface area (Å²) in [5, 5.41) is 13.6. The molecule has 8 nitrogen and oxygen atoms in total. The van der Waals surface area contributed by atoms with E-state index < -0.39 is 29.7 Å². The number of aromatic nitrogens is 1. The molecule has 0 saturated carbocycles. The number of rotatable bonds is 8. The van der Waals surface area contributed by atoms with Gasteiger partial charge in [-0.15, -0.1) is 0 Å². The Bertz CT molecular complexity index is 1590. The zero-order chi connectivity index (χ0) is 29.3. The lowest BCUT2D eigenvalue weighted by Crippen LogP contribution is -2.42. The van der Waals surface area contributed by atoms with E-state index in [1.165, 1.54) is 0 Å². The van der Waals surface area contributed by atoms with Crippen molar-refractivity contribution >= 4 is 40.5 Å². The van der Waals surface area contributed by atoms with Crippen LogP contribution in [-0.2, 0) is 32.0 Å². The monoisotopic (exact) mass is 574 g/mol. The lowest BCUT2D eigenvalue weighted by atomic mass is 9.98. The van der Waals surface area contributed by atoms with Crippen LogP contribution < -0.4 is 5.32 Å². The average Bonchev–Trinajstić information content (AvgIpc) is 3.40. The third-order valence-electron chi connectivity index (χ3n) is 7.00. The number of benzene rings is 3. The minimum absolute atomic E-state index is 0.0288. The highest BCUT2D eigenvalue weighted by atomic mass is 35.5. The summed E-state index contributed by atoms with van der Waals surface area (Å²) >= 11 is 6.22. The Morgan fingerprint density at radius 2 is 1.63 bits per heavy atom. The summed E-state index contributed by atoms with van der Waals surface area (Å²) < 4.78 is 12.7. The van der Waals surface area contributed by atoms with E-state index in [4.69, 9.17) is 21.1 Å². The number of fused-ring (bicyclic) bond motifs is 4. The first-order chi connectivity index (χ1) is 19.5. The summed E-state index contributed by atoms with van der Waals surface area (Å²) in [7, 11) is 0. The molecular formula is C32H31ClN2O6. The van der Waals surface area contributed by atoms with Crippen LogP contribution >= 0.6 is 11.6 Å². The number of carboxylic acid groups (broad SMARTS) is 1. The fourth-order valence-corrected chi connectivity index (χ4v) is 5.52. The van der Waals surface area contributed by atoms with Gasteiger partial charge in [-0.3, -0.25) is 4.79 Å². The van der Waals surface area contributed by atoms with E-state index in [2.05, 4.69) is 5.32 Å². The van der Waals surface area contributed by atoms with Gasteiger partial charge in [0, 0.05) is 28.9 Å². The van der Waals surface area contributed by atoms with E-state index in [1.807, 2.05) is 48.5 Å². The van der Waals surface area contributed by atoms with E-state index in [-0.39, 0.29) is 25.5 Å². The van der Waals surface area contributed by atoms with Gasteiger partial charge >= 0.3 is 18.0 Å². The average molecular weight is 575 g/mol. The van der Waals surface area contributed by atoms with Crippen LogP contribution in [0.15, 0.2) is 72.9 Å². The first-order valence-corrected chi connectivity index (χ1v) is 13.7. The number of nitrogens with one attached hydrogen (secondary N) is 1. The Morgan fingerprint density at radius 1 is 1.00 bits per heavy atom. The molecule has 9 heteroatoms. The summed E-state index contributed by atoms with van der Waals surface area (Å²) in [5.74, 6) is -1.79. The number of carboxylic acids is 1. The van der Waals surface area contributed by atoms with Crippen molar-refractivity contribution in [2.45, 2.75) is 51.3 Å². The smallest absolute Gasteiger partial charge is 0.407 e. The van der Waals surface area contributed by atoms with E-state index in [0.717, 1.165) is 27.6 Å². The van der Waals surface area contributed by atoms with Crippen LogP contribution in [0.5, 0.6) is 0 Å². The quantitative estimate of drug-likeness (QED) is 0.244. The fraction of sp³-hybridized carbons (Fsp3) is 0.281. The lowest BCUT2D eigenvalue weighted by molar-refractivity contribution is -0.155. The minimum Gasteiger partial charge on any atom is -0.480 e. The maximum Gasteiger partial charge on any atom is 0.407 e. The highest BCUT2D eigenvalue weighted by Gasteiger charge is 2.30. The SMILES string of the molecule is CC(C)(C)OC(=O)Cn1cc(C[C@@H](NC(=O)OCC2c3ccccc3-c3ccccc32)C(=O)O)c2ccc(Cl)cc21. The first-order valence-electron chi connectivity index (χ1n) is 13.3. The number of amides is 1. The fourth-order valence-electron chi connectivity index (χ4n) is 5.35. The van der Waals surface area contributed by atoms with Gasteiger partial charge in [-0.2, -0.15) is 0 Å². The van der Waals surface area contributed by atoms with E-state index in [1.54, 1.807) is 49.7 Å². The highest BCUT2D eigenvalue weighted by molar-refractivity contribution is 6.31. The number of hydrogen-bond donors (Lipinski definition) is 2. The molecule has 1 atom stereocenters. The van der Waals surface area contributed by atoms with Crippen molar-refractivity contribution in [2.75, 3.05) is 6.61 Å². The molecule has 0 bridgehead atoms. The van der Waals surface area contributed by atoms with Crippen molar-refractivity contribution in [2.24, 2.45) is 0 Å². The van der Waals surface area contributed by atoms with Gasteiger partial charge in [-0.05, 0) is 60.7 Å². The van der Waals surface area contributed by atoms with Crippen molar-refractivity contribution in [1.29, 1.82) is 0 Å². The van der Waals surface area contributed by atoms with Crippen LogP contribution in [0.2, 0.25) is 5.02 Å². The van der Waals surface area contributed by atoms with Crippen molar-refractivity contribution in [3.05, 3.63) is 94.6 Å². The van der Waals surface area contributed by atoms with Crippen molar-refractivity contribution < 1.29 is 29.0 Å². The molecule has 41 heavy (non-hydrogen) atoms. The molecule has 1 heterocycles. The Labute approximate surface area is 242 Å². The van der Waals surface area contributed by atoms with Gasteiger partial charge in [0.2, 0.25) is 0 Å². The first kappa shape index (κ1) is 28.2. The second-order valence-electron chi connectivity index (χ2n) is 11.1. The van der Waals surface area contributed by atoms with Crippen LogP contribution in [0.25, 0.3) is 22.0 Å². The molecule has 0 unspecified atom stereocenters. The molecule has 1 amide bonds. The normalized spacial score (nSPS) is 13.4. The molecular weight excluding hydrogens is 544 g/mol. The van der Waals surface area contributed by atoms with Crippen molar-refractivity contribution in [3.63, 3.8) is 0 Å². The molecule has 1 aliphatic rings. The predicted octanol–water partition coefficient (Wildman–Crippen LogP) is 6.17. The molecule has 3 aromatic carbocycles. The van der Waals surface area contributed by atoms with E-state index in [9.17, 15) is 19.5 Å². The van der Waals surface area contributed by atoms with Crippen LogP contribution in [0, 0.1) is 0 Å². The Balaban J connectivity index is 1.31. The van der Waals surface area contributed by atoms with Gasteiger partial charge in [0.1, 0.15) is 24.8 Å². The Kier molecular flexibility index (Phi) is 7.78. The highest BCUT2D eigenvalue weighted by Crippen LogP contribution is 2.44. The van der Waals surface area contributed by atoms with Gasteiger partial charge in [0.05, 0.1) is 5.52 Å². The molecule has 5 rings (SSSR count). The number of ether oxygens (including phenoxy) is 2. The lowest BCUT2D eigenvalue weighted by Gasteiger charge is -2.19. The maximum absolute atomic E-state index is 12.8. The Hall–Kier alpha value is -4.30. The number of nitrogens with zero attached hydrogens (tertiary/aromatic N) is 1. The summed E-state index contributed by atoms with van der Waals surface area (Å²) in [6.45, 7) is 5.35. The standard InChI is InChI=1S/C32H31ClN2O6/c1-32(2,3)41-29(36)17-35-16-19(21-13-12-20(33)15-28(21)35)14-27(30(37)38)34-31(39)40-18-26-24-10-6-4-8-22(24)23-9-5-7-11-25(23)26/h4-13,15-16,26-27H,14,17-18H2,1-3H3,(H,34,39)(H,37,38)/t27-/m1/s1. The number of alkyl carbamates (subject to hydrolysis) is 1. The van der Waals surface area contributed by atoms with Crippen molar-refractivity contribution in [1.82, 2.24) is 9.88 Å². The molecule has 1 aromatic heterocycles. The van der Waals surface area contributed by atoms with Crippen LogP contribution in [-0.4, -0.2) is 46.0 Å². The molecule has 0 aliphatic heterocycles. The molecule has 0 radical (unpaired) electrons. The summed E-state index contributed by atoms with van der Waals surface area (Å²) in [5.41, 5.74) is 4.96. The Morgan fingerprint density at radius 3 is 2.24 bits per heavy atom. The van der Waals surface area contributed by atoms with Gasteiger partial charge in [-0.25, -0.2) is 9.59 Å². The number of carbonyl (C=O) groups is 3. The molecule has 1 aliphatic carbocycles. The summed E-state index contributed by atoms with van der Waals surface area (Å²) in [6, 6.07) is 19.9. The van der Waals surface area contributed by atoms with E-state index in [0.29, 0.717) is 16.1 Å². The molecule has 2 N–H and O–H groups in total. The topological polar surface area (TPSA) is 107 Å². The molecule has 0 saturated heterocycles. The molecule has 4 aromatic rings. The number of carbonyl (C=O) groups excluding carboxylic acids is 2. The predicted molar refractivity (Wildman–Crippen MR) is 156 cm³/mol. The number of hydrogen-bond acceptors (Lipinski definition) is 5. The number of aliphatic carboxylic acids is 1. The van der Waals surface area contributed by atoms with Gasteiger partial charge in [-0.1, -0.05) is 66.2 Å². The second kappa shape index (κ2) is 11.3. The largest absolute Gasteiger partial charge is 0.480 e. The molecule has 0 fully saturated rings. The van der Waals surface area contributed by atoms with Crippen LogP contribution in [0.1, 0.15) is 43.4 Å². The summed E-state index contributed by atoms with van der Waals surface area (Å²) in [4.78, 5) is 37.6. The summed E-state index contributed by atoms with van der Waals surface area (Å²) in [6.07, 6.45) is 0.846. The zero-order valence-electron chi connectivity index (χ0n) is 23.0. The number of esters is 1. The van der Waals surface area contributed by atoms with Gasteiger partial charge < -0.3 is 24.5 Å².